The fraction of sp³-hybridized carbons (Fsp3) is 0.462. The lowest BCUT2D eigenvalue weighted by molar-refractivity contribution is -0.120. The molecule has 1 aliphatic heterocycles. The molecular weight excluding hydrogens is 266 g/mol. The molecule has 0 bridgehead atoms. The van der Waals surface area contributed by atoms with Crippen LogP contribution in [0.1, 0.15) is 25.3 Å². The number of halogens is 1. The second-order valence-electron chi connectivity index (χ2n) is 4.81. The third kappa shape index (κ3) is 1.58. The van der Waals surface area contributed by atoms with Gasteiger partial charge in [-0.1, -0.05) is 15.9 Å². The topological polar surface area (TPSA) is 20.3 Å². The third-order valence-electron chi connectivity index (χ3n) is 3.42. The zero-order valence-corrected chi connectivity index (χ0v) is 10.8. The molecule has 1 aromatic carbocycles. The number of hydrogen-bond acceptors (Lipinski definition) is 1. The van der Waals surface area contributed by atoms with E-state index in [1.165, 1.54) is 5.56 Å². The molecule has 1 amide bonds. The zero-order valence-electron chi connectivity index (χ0n) is 9.24. The number of carbonyl (C=O) groups is 1. The first-order valence-electron chi connectivity index (χ1n) is 5.78. The van der Waals surface area contributed by atoms with Gasteiger partial charge in [-0.05, 0) is 49.9 Å². The maximum atomic E-state index is 12.2. The largest absolute Gasteiger partial charge is 0.309 e. The van der Waals surface area contributed by atoms with Crippen molar-refractivity contribution >= 4 is 27.5 Å². The van der Waals surface area contributed by atoms with Crippen molar-refractivity contribution in [2.45, 2.75) is 32.2 Å². The van der Waals surface area contributed by atoms with Crippen molar-refractivity contribution in [2.24, 2.45) is 5.92 Å². The van der Waals surface area contributed by atoms with E-state index in [2.05, 4.69) is 35.0 Å². The summed E-state index contributed by atoms with van der Waals surface area (Å²) in [4.78, 5) is 14.2. The highest BCUT2D eigenvalue weighted by molar-refractivity contribution is 9.10. The summed E-state index contributed by atoms with van der Waals surface area (Å²) in [6, 6.07) is 6.52. The highest BCUT2D eigenvalue weighted by atomic mass is 79.9. The Morgan fingerprint density at radius 2 is 2.19 bits per heavy atom. The van der Waals surface area contributed by atoms with E-state index in [1.807, 2.05) is 11.0 Å². The van der Waals surface area contributed by atoms with E-state index in [9.17, 15) is 4.79 Å². The Kier molecular flexibility index (Phi) is 2.32. The van der Waals surface area contributed by atoms with E-state index in [1.54, 1.807) is 0 Å². The molecule has 2 nitrogen and oxygen atoms in total. The standard InChI is InChI=1S/C13H14BrNO/c1-8-6-10-7-11(14)4-5-12(10)15(8)13(16)9-2-3-9/h4-5,7-9H,2-3,6H2,1H3. The molecule has 0 N–H and O–H groups in total. The van der Waals surface area contributed by atoms with Gasteiger partial charge in [0.25, 0.3) is 0 Å². The van der Waals surface area contributed by atoms with Crippen LogP contribution >= 0.6 is 15.9 Å². The van der Waals surface area contributed by atoms with Crippen molar-refractivity contribution in [3.8, 4) is 0 Å². The summed E-state index contributed by atoms with van der Waals surface area (Å²) in [7, 11) is 0. The minimum absolute atomic E-state index is 0.303. The van der Waals surface area contributed by atoms with E-state index in [0.29, 0.717) is 17.9 Å². The molecule has 1 unspecified atom stereocenters. The SMILES string of the molecule is CC1Cc2cc(Br)ccc2N1C(=O)C1CC1. The Morgan fingerprint density at radius 1 is 1.44 bits per heavy atom. The molecule has 1 fully saturated rings. The van der Waals surface area contributed by atoms with E-state index in [0.717, 1.165) is 29.4 Å². The predicted molar refractivity (Wildman–Crippen MR) is 67.5 cm³/mol. The fourth-order valence-corrected chi connectivity index (χ4v) is 2.87. The predicted octanol–water partition coefficient (Wildman–Crippen LogP) is 3.14. The molecule has 0 aromatic heterocycles. The molecular formula is C13H14BrNO. The average molecular weight is 280 g/mol. The van der Waals surface area contributed by atoms with Gasteiger partial charge in [0.05, 0.1) is 0 Å². The van der Waals surface area contributed by atoms with Gasteiger partial charge in [-0.15, -0.1) is 0 Å². The summed E-state index contributed by atoms with van der Waals surface area (Å²) in [6.07, 6.45) is 3.13. The molecule has 1 aliphatic carbocycles. The highest BCUT2D eigenvalue weighted by Crippen LogP contribution is 2.39. The Bertz CT molecular complexity index is 453. The normalized spacial score (nSPS) is 23.4. The number of fused-ring (bicyclic) bond motifs is 1. The minimum Gasteiger partial charge on any atom is -0.309 e. The molecule has 84 valence electrons. The molecule has 0 saturated heterocycles. The van der Waals surface area contributed by atoms with Gasteiger partial charge in [0, 0.05) is 22.1 Å². The van der Waals surface area contributed by atoms with Crippen molar-refractivity contribution in [2.75, 3.05) is 4.90 Å². The summed E-state index contributed by atoms with van der Waals surface area (Å²) in [6.45, 7) is 2.13. The quantitative estimate of drug-likeness (QED) is 0.774. The Labute approximate surface area is 104 Å². The summed E-state index contributed by atoms with van der Waals surface area (Å²) >= 11 is 3.48. The van der Waals surface area contributed by atoms with Crippen molar-refractivity contribution < 1.29 is 4.79 Å². The van der Waals surface area contributed by atoms with Crippen LogP contribution in [-0.4, -0.2) is 11.9 Å². The second kappa shape index (κ2) is 3.59. The lowest BCUT2D eigenvalue weighted by Crippen LogP contribution is -2.36. The second-order valence-corrected chi connectivity index (χ2v) is 5.72. The lowest BCUT2D eigenvalue weighted by atomic mass is 10.1. The molecule has 1 heterocycles. The number of hydrogen-bond donors (Lipinski definition) is 0. The Morgan fingerprint density at radius 3 is 2.88 bits per heavy atom. The molecule has 2 aliphatic rings. The molecule has 16 heavy (non-hydrogen) atoms. The minimum atomic E-state index is 0.303. The van der Waals surface area contributed by atoms with Gasteiger partial charge >= 0.3 is 0 Å². The van der Waals surface area contributed by atoms with E-state index in [4.69, 9.17) is 0 Å². The Hall–Kier alpha value is -0.830. The summed E-state index contributed by atoms with van der Waals surface area (Å²) in [5.74, 6) is 0.630. The summed E-state index contributed by atoms with van der Waals surface area (Å²) < 4.78 is 1.10. The van der Waals surface area contributed by atoms with Crippen LogP contribution in [0.2, 0.25) is 0 Å². The number of rotatable bonds is 1. The van der Waals surface area contributed by atoms with Gasteiger partial charge in [-0.3, -0.25) is 4.79 Å². The van der Waals surface area contributed by atoms with Gasteiger partial charge in [-0.2, -0.15) is 0 Å². The Balaban J connectivity index is 1.98. The van der Waals surface area contributed by atoms with Crippen molar-refractivity contribution in [3.63, 3.8) is 0 Å². The average Bonchev–Trinajstić information content (AvgIpc) is 3.01. The van der Waals surface area contributed by atoms with Crippen LogP contribution in [0.4, 0.5) is 5.69 Å². The van der Waals surface area contributed by atoms with Crippen LogP contribution in [0.3, 0.4) is 0 Å². The first-order chi connectivity index (χ1) is 7.66. The van der Waals surface area contributed by atoms with Gasteiger partial charge < -0.3 is 4.90 Å². The molecule has 0 spiro atoms. The third-order valence-corrected chi connectivity index (χ3v) is 3.91. The molecule has 1 aromatic rings. The monoisotopic (exact) mass is 279 g/mol. The van der Waals surface area contributed by atoms with Crippen LogP contribution in [0.15, 0.2) is 22.7 Å². The van der Waals surface area contributed by atoms with Gasteiger partial charge in [0.15, 0.2) is 0 Å². The zero-order chi connectivity index (χ0) is 11.3. The van der Waals surface area contributed by atoms with E-state index in [-0.39, 0.29) is 0 Å². The molecule has 1 saturated carbocycles. The molecule has 0 radical (unpaired) electrons. The maximum Gasteiger partial charge on any atom is 0.230 e. The smallest absolute Gasteiger partial charge is 0.230 e. The van der Waals surface area contributed by atoms with Crippen LogP contribution in [0.5, 0.6) is 0 Å². The molecule has 3 heteroatoms. The maximum absolute atomic E-state index is 12.2. The number of nitrogens with zero attached hydrogens (tertiary/aromatic N) is 1. The summed E-state index contributed by atoms with van der Waals surface area (Å²) in [5.41, 5.74) is 2.41. The van der Waals surface area contributed by atoms with Crippen molar-refractivity contribution in [1.82, 2.24) is 0 Å². The van der Waals surface area contributed by atoms with Crippen LogP contribution in [0.25, 0.3) is 0 Å². The highest BCUT2D eigenvalue weighted by Gasteiger charge is 2.39. The number of benzene rings is 1. The van der Waals surface area contributed by atoms with Crippen molar-refractivity contribution in [1.29, 1.82) is 0 Å². The van der Waals surface area contributed by atoms with Gasteiger partial charge in [-0.25, -0.2) is 0 Å². The summed E-state index contributed by atoms with van der Waals surface area (Å²) in [5, 5.41) is 0. The fourth-order valence-electron chi connectivity index (χ4n) is 2.46. The van der Waals surface area contributed by atoms with E-state index < -0.39 is 0 Å². The number of anilines is 1. The van der Waals surface area contributed by atoms with Crippen LogP contribution in [0, 0.1) is 5.92 Å². The first-order valence-corrected chi connectivity index (χ1v) is 6.57. The number of carbonyl (C=O) groups excluding carboxylic acids is 1. The lowest BCUT2D eigenvalue weighted by Gasteiger charge is -2.22. The molecule has 3 rings (SSSR count). The van der Waals surface area contributed by atoms with Crippen molar-refractivity contribution in [3.05, 3.63) is 28.2 Å². The first kappa shape index (κ1) is 10.3. The van der Waals surface area contributed by atoms with Gasteiger partial charge in [0.1, 0.15) is 0 Å². The molecule has 1 atom stereocenters. The van der Waals surface area contributed by atoms with E-state index >= 15 is 0 Å². The van der Waals surface area contributed by atoms with Gasteiger partial charge in [0.2, 0.25) is 5.91 Å². The number of amides is 1. The van der Waals surface area contributed by atoms with Crippen LogP contribution in [-0.2, 0) is 11.2 Å². The van der Waals surface area contributed by atoms with Crippen LogP contribution < -0.4 is 4.90 Å².